The van der Waals surface area contributed by atoms with E-state index in [0.29, 0.717) is 12.3 Å². The fourth-order valence-corrected chi connectivity index (χ4v) is 2.08. The SMILES string of the molecule is CC(C)CCNCCC(N)Cc1cccc(OC(F)(F)F)c1. The first-order valence-corrected chi connectivity index (χ1v) is 7.57. The van der Waals surface area contributed by atoms with Gasteiger partial charge in [0.2, 0.25) is 0 Å². The molecule has 0 amide bonds. The number of alkyl halides is 3. The summed E-state index contributed by atoms with van der Waals surface area (Å²) in [6.07, 6.45) is -2.24. The van der Waals surface area contributed by atoms with Crippen molar-refractivity contribution in [3.8, 4) is 5.75 Å². The number of hydrogen-bond donors (Lipinski definition) is 2. The van der Waals surface area contributed by atoms with E-state index in [4.69, 9.17) is 5.73 Å². The Bertz CT molecular complexity index is 436. The highest BCUT2D eigenvalue weighted by molar-refractivity contribution is 5.29. The number of hydrogen-bond acceptors (Lipinski definition) is 3. The molecule has 0 aliphatic rings. The van der Waals surface area contributed by atoms with Crippen LogP contribution in [-0.2, 0) is 6.42 Å². The van der Waals surface area contributed by atoms with Gasteiger partial charge in [0, 0.05) is 6.04 Å². The summed E-state index contributed by atoms with van der Waals surface area (Å²) >= 11 is 0. The summed E-state index contributed by atoms with van der Waals surface area (Å²) in [4.78, 5) is 0. The Morgan fingerprint density at radius 1 is 1.18 bits per heavy atom. The summed E-state index contributed by atoms with van der Waals surface area (Å²) in [7, 11) is 0. The Kier molecular flexibility index (Phi) is 7.68. The first-order valence-electron chi connectivity index (χ1n) is 7.57. The number of nitrogens with two attached hydrogens (primary N) is 1. The lowest BCUT2D eigenvalue weighted by molar-refractivity contribution is -0.274. The van der Waals surface area contributed by atoms with Crippen LogP contribution in [0.4, 0.5) is 13.2 Å². The van der Waals surface area contributed by atoms with E-state index in [1.807, 2.05) is 0 Å². The minimum atomic E-state index is -4.67. The molecule has 0 heterocycles. The maximum Gasteiger partial charge on any atom is 0.573 e. The van der Waals surface area contributed by atoms with Crippen molar-refractivity contribution in [3.63, 3.8) is 0 Å². The van der Waals surface area contributed by atoms with Crippen LogP contribution < -0.4 is 15.8 Å². The summed E-state index contributed by atoms with van der Waals surface area (Å²) in [5.41, 5.74) is 6.77. The van der Waals surface area contributed by atoms with E-state index in [9.17, 15) is 13.2 Å². The molecule has 6 heteroatoms. The van der Waals surface area contributed by atoms with Crippen LogP contribution in [0.2, 0.25) is 0 Å². The van der Waals surface area contributed by atoms with E-state index in [2.05, 4.69) is 23.9 Å². The standard InChI is InChI=1S/C16H25F3N2O/c1-12(2)6-8-21-9-7-14(20)10-13-4-3-5-15(11-13)22-16(17,18)19/h3-5,11-12,14,21H,6-10,20H2,1-2H3. The highest BCUT2D eigenvalue weighted by atomic mass is 19.4. The maximum atomic E-state index is 12.2. The van der Waals surface area contributed by atoms with Gasteiger partial charge in [0.15, 0.2) is 0 Å². The minimum absolute atomic E-state index is 0.0901. The Labute approximate surface area is 130 Å². The molecule has 0 saturated heterocycles. The highest BCUT2D eigenvalue weighted by Gasteiger charge is 2.31. The third kappa shape index (κ3) is 8.89. The van der Waals surface area contributed by atoms with Crippen molar-refractivity contribution in [2.24, 2.45) is 11.7 Å². The minimum Gasteiger partial charge on any atom is -0.406 e. The van der Waals surface area contributed by atoms with E-state index in [-0.39, 0.29) is 11.8 Å². The second kappa shape index (κ2) is 9.00. The van der Waals surface area contributed by atoms with Crippen LogP contribution in [0.3, 0.4) is 0 Å². The van der Waals surface area contributed by atoms with E-state index in [1.165, 1.54) is 12.1 Å². The average molecular weight is 318 g/mol. The normalized spacial score (nSPS) is 13.4. The van der Waals surface area contributed by atoms with E-state index in [0.717, 1.165) is 31.5 Å². The van der Waals surface area contributed by atoms with Crippen molar-refractivity contribution < 1.29 is 17.9 Å². The smallest absolute Gasteiger partial charge is 0.406 e. The first-order chi connectivity index (χ1) is 10.3. The third-order valence-corrected chi connectivity index (χ3v) is 3.22. The Hall–Kier alpha value is -1.27. The number of ether oxygens (including phenoxy) is 1. The Morgan fingerprint density at radius 3 is 2.50 bits per heavy atom. The van der Waals surface area contributed by atoms with Crippen LogP contribution in [0.25, 0.3) is 0 Å². The van der Waals surface area contributed by atoms with Crippen LogP contribution in [0.5, 0.6) is 5.75 Å². The van der Waals surface area contributed by atoms with Gasteiger partial charge in [0.05, 0.1) is 0 Å². The number of nitrogens with one attached hydrogen (secondary N) is 1. The Morgan fingerprint density at radius 2 is 1.86 bits per heavy atom. The molecule has 0 radical (unpaired) electrons. The molecule has 0 aliphatic carbocycles. The predicted molar refractivity (Wildman–Crippen MR) is 81.7 cm³/mol. The fourth-order valence-electron chi connectivity index (χ4n) is 2.08. The van der Waals surface area contributed by atoms with Gasteiger partial charge in [-0.25, -0.2) is 0 Å². The third-order valence-electron chi connectivity index (χ3n) is 3.22. The summed E-state index contributed by atoms with van der Waals surface area (Å²) in [5.74, 6) is 0.463. The molecule has 0 saturated carbocycles. The maximum absolute atomic E-state index is 12.2. The zero-order chi connectivity index (χ0) is 16.6. The summed E-state index contributed by atoms with van der Waals surface area (Å²) in [6.45, 7) is 6.11. The summed E-state index contributed by atoms with van der Waals surface area (Å²) in [6, 6.07) is 5.89. The van der Waals surface area contributed by atoms with Crippen LogP contribution in [0, 0.1) is 5.92 Å². The van der Waals surface area contributed by atoms with Gasteiger partial charge < -0.3 is 15.8 Å². The molecule has 0 bridgehead atoms. The predicted octanol–water partition coefficient (Wildman–Crippen LogP) is 3.48. The van der Waals surface area contributed by atoms with Crippen LogP contribution >= 0.6 is 0 Å². The lowest BCUT2D eigenvalue weighted by Gasteiger charge is -2.14. The summed E-state index contributed by atoms with van der Waals surface area (Å²) < 4.78 is 40.4. The second-order valence-corrected chi connectivity index (χ2v) is 5.88. The van der Waals surface area contributed by atoms with Crippen molar-refractivity contribution in [2.45, 2.75) is 45.5 Å². The van der Waals surface area contributed by atoms with Crippen molar-refractivity contribution >= 4 is 0 Å². The monoisotopic (exact) mass is 318 g/mol. The van der Waals surface area contributed by atoms with Crippen LogP contribution in [0.15, 0.2) is 24.3 Å². The zero-order valence-corrected chi connectivity index (χ0v) is 13.1. The molecule has 0 spiro atoms. The molecule has 1 rings (SSSR count). The highest BCUT2D eigenvalue weighted by Crippen LogP contribution is 2.23. The molecule has 0 fully saturated rings. The van der Waals surface area contributed by atoms with Crippen LogP contribution in [-0.4, -0.2) is 25.5 Å². The summed E-state index contributed by atoms with van der Waals surface area (Å²) in [5, 5.41) is 3.32. The van der Waals surface area contributed by atoms with Crippen molar-refractivity contribution in [2.75, 3.05) is 13.1 Å². The molecule has 0 aromatic heterocycles. The van der Waals surface area contributed by atoms with Gasteiger partial charge in [-0.3, -0.25) is 0 Å². The first kappa shape index (κ1) is 18.8. The molecule has 1 unspecified atom stereocenters. The van der Waals surface area contributed by atoms with E-state index >= 15 is 0 Å². The van der Waals surface area contributed by atoms with Crippen LogP contribution in [0.1, 0.15) is 32.3 Å². The number of benzene rings is 1. The molecule has 3 N–H and O–H groups in total. The lowest BCUT2D eigenvalue weighted by atomic mass is 10.0. The van der Waals surface area contributed by atoms with Gasteiger partial charge >= 0.3 is 6.36 Å². The van der Waals surface area contributed by atoms with E-state index < -0.39 is 6.36 Å². The number of rotatable bonds is 9. The molecule has 0 aliphatic heterocycles. The largest absolute Gasteiger partial charge is 0.573 e. The molecular weight excluding hydrogens is 293 g/mol. The van der Waals surface area contributed by atoms with Crippen molar-refractivity contribution in [1.82, 2.24) is 5.32 Å². The van der Waals surface area contributed by atoms with Gasteiger partial charge in [-0.05, 0) is 56.0 Å². The van der Waals surface area contributed by atoms with Crippen molar-refractivity contribution in [1.29, 1.82) is 0 Å². The lowest BCUT2D eigenvalue weighted by Crippen LogP contribution is -2.29. The molecular formula is C16H25F3N2O. The van der Waals surface area contributed by atoms with Gasteiger partial charge in [-0.15, -0.1) is 13.2 Å². The van der Waals surface area contributed by atoms with Gasteiger partial charge in [0.1, 0.15) is 5.75 Å². The average Bonchev–Trinajstić information content (AvgIpc) is 2.36. The second-order valence-electron chi connectivity index (χ2n) is 5.88. The van der Waals surface area contributed by atoms with Gasteiger partial charge in [0.25, 0.3) is 0 Å². The van der Waals surface area contributed by atoms with Crippen molar-refractivity contribution in [3.05, 3.63) is 29.8 Å². The van der Waals surface area contributed by atoms with E-state index in [1.54, 1.807) is 12.1 Å². The van der Waals surface area contributed by atoms with Gasteiger partial charge in [-0.2, -0.15) is 0 Å². The molecule has 1 aromatic carbocycles. The molecule has 1 aromatic rings. The molecule has 126 valence electrons. The molecule has 22 heavy (non-hydrogen) atoms. The zero-order valence-electron chi connectivity index (χ0n) is 13.1. The Balaban J connectivity index is 2.35. The van der Waals surface area contributed by atoms with Gasteiger partial charge in [-0.1, -0.05) is 26.0 Å². The molecule has 1 atom stereocenters. The topological polar surface area (TPSA) is 47.3 Å². The quantitative estimate of drug-likeness (QED) is 0.685. The fraction of sp³-hybridized carbons (Fsp3) is 0.625. The number of halogens is 3. The molecule has 3 nitrogen and oxygen atoms in total.